The van der Waals surface area contributed by atoms with Gasteiger partial charge < -0.3 is 14.8 Å². The normalized spacial score (nSPS) is 11.9. The highest BCUT2D eigenvalue weighted by Gasteiger charge is 2.09. The Morgan fingerprint density at radius 2 is 1.95 bits per heavy atom. The first-order chi connectivity index (χ1) is 9.37. The zero-order valence-electron chi connectivity index (χ0n) is 13.4. The minimum absolute atomic E-state index is 0.122. The number of rotatable bonds is 8. The lowest BCUT2D eigenvalue weighted by Gasteiger charge is -2.19. The number of pyridine rings is 1. The molecule has 1 aromatic heterocycles. The SMILES string of the molecule is CC(C)CNCc1ccc(OCCOC(C)(C)C)nc1. The van der Waals surface area contributed by atoms with E-state index >= 15 is 0 Å². The molecule has 4 nitrogen and oxygen atoms in total. The zero-order valence-corrected chi connectivity index (χ0v) is 13.4. The van der Waals surface area contributed by atoms with Gasteiger partial charge in [-0.1, -0.05) is 19.9 Å². The molecule has 1 aromatic rings. The van der Waals surface area contributed by atoms with E-state index in [2.05, 4.69) is 24.1 Å². The first-order valence-electron chi connectivity index (χ1n) is 7.29. The Kier molecular flexibility index (Phi) is 6.96. The lowest BCUT2D eigenvalue weighted by Crippen LogP contribution is -2.22. The number of nitrogens with one attached hydrogen (secondary N) is 1. The van der Waals surface area contributed by atoms with Gasteiger partial charge in [0.05, 0.1) is 12.2 Å². The lowest BCUT2D eigenvalue weighted by molar-refractivity contribution is -0.0168. The lowest BCUT2D eigenvalue weighted by atomic mass is 10.2. The van der Waals surface area contributed by atoms with Gasteiger partial charge in [-0.3, -0.25) is 0 Å². The van der Waals surface area contributed by atoms with Crippen LogP contribution in [0.4, 0.5) is 0 Å². The van der Waals surface area contributed by atoms with Crippen LogP contribution in [0, 0.1) is 5.92 Å². The molecule has 0 saturated heterocycles. The highest BCUT2D eigenvalue weighted by Crippen LogP contribution is 2.09. The van der Waals surface area contributed by atoms with E-state index in [1.165, 1.54) is 5.56 Å². The predicted octanol–water partition coefficient (Wildman–Crippen LogP) is 3.02. The van der Waals surface area contributed by atoms with Crippen LogP contribution < -0.4 is 10.1 Å². The Morgan fingerprint density at radius 1 is 1.20 bits per heavy atom. The molecule has 0 amide bonds. The monoisotopic (exact) mass is 280 g/mol. The number of nitrogens with zero attached hydrogens (tertiary/aromatic N) is 1. The molecule has 0 fully saturated rings. The molecule has 0 aliphatic heterocycles. The maximum Gasteiger partial charge on any atom is 0.213 e. The number of hydrogen-bond acceptors (Lipinski definition) is 4. The second-order valence-electron chi connectivity index (χ2n) is 6.34. The maximum absolute atomic E-state index is 5.59. The van der Waals surface area contributed by atoms with Gasteiger partial charge in [-0.2, -0.15) is 0 Å². The van der Waals surface area contributed by atoms with E-state index in [0.29, 0.717) is 25.0 Å². The van der Waals surface area contributed by atoms with E-state index < -0.39 is 0 Å². The summed E-state index contributed by atoms with van der Waals surface area (Å²) in [6.07, 6.45) is 1.85. The molecule has 1 heterocycles. The van der Waals surface area contributed by atoms with Gasteiger partial charge in [0.25, 0.3) is 0 Å². The average Bonchev–Trinajstić information content (AvgIpc) is 2.35. The summed E-state index contributed by atoms with van der Waals surface area (Å²) in [7, 11) is 0. The summed E-state index contributed by atoms with van der Waals surface area (Å²) in [4.78, 5) is 4.29. The van der Waals surface area contributed by atoms with Crippen LogP contribution in [0.2, 0.25) is 0 Å². The number of ether oxygens (including phenoxy) is 2. The summed E-state index contributed by atoms with van der Waals surface area (Å²) in [6.45, 7) is 13.4. The van der Waals surface area contributed by atoms with Gasteiger partial charge in [0.2, 0.25) is 5.88 Å². The summed E-state index contributed by atoms with van der Waals surface area (Å²) in [5.74, 6) is 1.31. The van der Waals surface area contributed by atoms with Crippen molar-refractivity contribution >= 4 is 0 Å². The van der Waals surface area contributed by atoms with Crippen molar-refractivity contribution in [3.05, 3.63) is 23.9 Å². The average molecular weight is 280 g/mol. The van der Waals surface area contributed by atoms with Gasteiger partial charge in [0.1, 0.15) is 6.61 Å². The second kappa shape index (κ2) is 8.22. The third-order valence-electron chi connectivity index (χ3n) is 2.55. The van der Waals surface area contributed by atoms with Crippen LogP contribution >= 0.6 is 0 Å². The molecule has 1 N–H and O–H groups in total. The Balaban J connectivity index is 2.25. The van der Waals surface area contributed by atoms with Crippen molar-refractivity contribution in [2.75, 3.05) is 19.8 Å². The molecule has 0 atom stereocenters. The zero-order chi connectivity index (χ0) is 15.0. The fourth-order valence-electron chi connectivity index (χ4n) is 1.60. The number of hydrogen-bond donors (Lipinski definition) is 1. The molecular formula is C16H28N2O2. The first kappa shape index (κ1) is 16.9. The van der Waals surface area contributed by atoms with Gasteiger partial charge in [0, 0.05) is 18.8 Å². The van der Waals surface area contributed by atoms with E-state index in [1.807, 2.05) is 39.1 Å². The molecule has 1 rings (SSSR count). The molecule has 0 aromatic carbocycles. The van der Waals surface area contributed by atoms with Crippen LogP contribution in [0.5, 0.6) is 5.88 Å². The quantitative estimate of drug-likeness (QED) is 0.743. The summed E-state index contributed by atoms with van der Waals surface area (Å²) in [5.41, 5.74) is 1.05. The van der Waals surface area contributed by atoms with Crippen LogP contribution in [0.25, 0.3) is 0 Å². The highest BCUT2D eigenvalue weighted by molar-refractivity contribution is 5.17. The van der Waals surface area contributed by atoms with Crippen LogP contribution in [0.3, 0.4) is 0 Å². The maximum atomic E-state index is 5.59. The number of aromatic nitrogens is 1. The summed E-state index contributed by atoms with van der Waals surface area (Å²) >= 11 is 0. The van der Waals surface area contributed by atoms with Crippen molar-refractivity contribution in [3.63, 3.8) is 0 Å². The third kappa shape index (κ3) is 8.12. The molecule has 0 spiro atoms. The Morgan fingerprint density at radius 3 is 2.50 bits per heavy atom. The Labute approximate surface area is 122 Å². The topological polar surface area (TPSA) is 43.4 Å². The molecular weight excluding hydrogens is 252 g/mol. The van der Waals surface area contributed by atoms with E-state index in [4.69, 9.17) is 9.47 Å². The van der Waals surface area contributed by atoms with Crippen LogP contribution in [-0.2, 0) is 11.3 Å². The van der Waals surface area contributed by atoms with Crippen molar-refractivity contribution in [2.45, 2.75) is 46.8 Å². The third-order valence-corrected chi connectivity index (χ3v) is 2.55. The smallest absolute Gasteiger partial charge is 0.213 e. The molecule has 0 radical (unpaired) electrons. The minimum atomic E-state index is -0.122. The predicted molar refractivity (Wildman–Crippen MR) is 82.0 cm³/mol. The van der Waals surface area contributed by atoms with E-state index in [-0.39, 0.29) is 5.60 Å². The van der Waals surface area contributed by atoms with Gasteiger partial charge in [-0.25, -0.2) is 4.98 Å². The summed E-state index contributed by atoms with van der Waals surface area (Å²) in [5, 5.41) is 3.39. The van der Waals surface area contributed by atoms with Gasteiger partial charge in [-0.05, 0) is 38.8 Å². The summed E-state index contributed by atoms with van der Waals surface area (Å²) in [6, 6.07) is 3.95. The molecule has 4 heteroatoms. The molecule has 0 aliphatic rings. The van der Waals surface area contributed by atoms with Crippen molar-refractivity contribution in [3.8, 4) is 5.88 Å². The van der Waals surface area contributed by atoms with Gasteiger partial charge in [-0.15, -0.1) is 0 Å². The van der Waals surface area contributed by atoms with Crippen molar-refractivity contribution in [1.82, 2.24) is 10.3 Å². The van der Waals surface area contributed by atoms with E-state index in [0.717, 1.165) is 13.1 Å². The molecule has 0 unspecified atom stereocenters. The van der Waals surface area contributed by atoms with Crippen LogP contribution in [0.15, 0.2) is 18.3 Å². The van der Waals surface area contributed by atoms with Crippen molar-refractivity contribution in [2.24, 2.45) is 5.92 Å². The van der Waals surface area contributed by atoms with Crippen LogP contribution in [-0.4, -0.2) is 30.3 Å². The highest BCUT2D eigenvalue weighted by atomic mass is 16.5. The van der Waals surface area contributed by atoms with E-state index in [9.17, 15) is 0 Å². The van der Waals surface area contributed by atoms with Gasteiger partial charge in [0.15, 0.2) is 0 Å². The molecule has 0 aliphatic carbocycles. The molecule has 0 bridgehead atoms. The van der Waals surface area contributed by atoms with Gasteiger partial charge >= 0.3 is 0 Å². The largest absolute Gasteiger partial charge is 0.475 e. The fourth-order valence-corrected chi connectivity index (χ4v) is 1.60. The molecule has 20 heavy (non-hydrogen) atoms. The van der Waals surface area contributed by atoms with E-state index in [1.54, 1.807) is 0 Å². The Bertz CT molecular complexity index is 369. The standard InChI is InChI=1S/C16H28N2O2/c1-13(2)10-17-11-14-6-7-15(18-12-14)19-8-9-20-16(3,4)5/h6-7,12-13,17H,8-11H2,1-5H3. The fraction of sp³-hybridized carbons (Fsp3) is 0.688. The van der Waals surface area contributed by atoms with Crippen molar-refractivity contribution < 1.29 is 9.47 Å². The second-order valence-corrected chi connectivity index (χ2v) is 6.34. The summed E-state index contributed by atoms with van der Waals surface area (Å²) < 4.78 is 11.1. The van der Waals surface area contributed by atoms with Crippen molar-refractivity contribution in [1.29, 1.82) is 0 Å². The van der Waals surface area contributed by atoms with Crippen LogP contribution in [0.1, 0.15) is 40.2 Å². The first-order valence-corrected chi connectivity index (χ1v) is 7.29. The Hall–Kier alpha value is -1.13. The molecule has 0 saturated carbocycles. The molecule has 114 valence electrons. The minimum Gasteiger partial charge on any atom is -0.475 e.